The summed E-state index contributed by atoms with van der Waals surface area (Å²) in [5.74, 6) is 0.877. The molecular formula is C17H27N3O3. The van der Waals surface area contributed by atoms with Gasteiger partial charge in [-0.05, 0) is 17.7 Å². The van der Waals surface area contributed by atoms with Crippen LogP contribution in [0.4, 0.5) is 0 Å². The third kappa shape index (κ3) is 6.17. The van der Waals surface area contributed by atoms with E-state index < -0.39 is 0 Å². The fraction of sp³-hybridized carbons (Fsp3) is 0.588. The van der Waals surface area contributed by atoms with E-state index >= 15 is 0 Å². The molecule has 0 spiro atoms. The number of piperazine rings is 1. The summed E-state index contributed by atoms with van der Waals surface area (Å²) in [6, 6.07) is 7.75. The number of carbonyl (C=O) groups is 1. The first kappa shape index (κ1) is 17.7. The molecule has 0 aromatic heterocycles. The topological polar surface area (TPSA) is 54.0 Å². The monoisotopic (exact) mass is 321 g/mol. The van der Waals surface area contributed by atoms with Crippen LogP contribution in [0.25, 0.3) is 0 Å². The van der Waals surface area contributed by atoms with E-state index in [2.05, 4.69) is 15.1 Å². The Hall–Kier alpha value is -1.63. The number of hydrogen-bond acceptors (Lipinski definition) is 5. The van der Waals surface area contributed by atoms with Crippen molar-refractivity contribution in [1.29, 1.82) is 0 Å². The number of rotatable bonds is 8. The molecule has 1 amide bonds. The summed E-state index contributed by atoms with van der Waals surface area (Å²) in [5, 5.41) is 2.97. The molecule has 128 valence electrons. The van der Waals surface area contributed by atoms with Crippen molar-refractivity contribution >= 4 is 5.91 Å². The summed E-state index contributed by atoms with van der Waals surface area (Å²) in [4.78, 5) is 16.6. The third-order valence-electron chi connectivity index (χ3n) is 4.07. The molecule has 1 N–H and O–H groups in total. The minimum Gasteiger partial charge on any atom is -0.497 e. The van der Waals surface area contributed by atoms with Crippen molar-refractivity contribution in [2.24, 2.45) is 0 Å². The Kier molecular flexibility index (Phi) is 7.32. The average molecular weight is 321 g/mol. The minimum atomic E-state index is 0.0677. The van der Waals surface area contributed by atoms with Gasteiger partial charge in [0.1, 0.15) is 5.75 Å². The lowest BCUT2D eigenvalue weighted by atomic mass is 10.2. The van der Waals surface area contributed by atoms with Gasteiger partial charge in [0.2, 0.25) is 5.91 Å². The Labute approximate surface area is 138 Å². The van der Waals surface area contributed by atoms with Gasteiger partial charge in [-0.3, -0.25) is 14.6 Å². The van der Waals surface area contributed by atoms with Crippen molar-refractivity contribution in [3.05, 3.63) is 29.8 Å². The lowest BCUT2D eigenvalue weighted by Gasteiger charge is -2.34. The van der Waals surface area contributed by atoms with Gasteiger partial charge < -0.3 is 14.8 Å². The Morgan fingerprint density at radius 1 is 1.17 bits per heavy atom. The van der Waals surface area contributed by atoms with E-state index in [0.717, 1.165) is 50.6 Å². The molecule has 0 saturated carbocycles. The van der Waals surface area contributed by atoms with Crippen LogP contribution in [0.2, 0.25) is 0 Å². The highest BCUT2D eigenvalue weighted by atomic mass is 16.5. The Balaban J connectivity index is 1.67. The lowest BCUT2D eigenvalue weighted by Crippen LogP contribution is -2.49. The number of ether oxygens (including phenoxy) is 2. The van der Waals surface area contributed by atoms with Crippen LogP contribution in [-0.2, 0) is 16.1 Å². The smallest absolute Gasteiger partial charge is 0.234 e. The molecule has 0 aliphatic carbocycles. The van der Waals surface area contributed by atoms with E-state index in [-0.39, 0.29) is 5.91 Å². The van der Waals surface area contributed by atoms with Gasteiger partial charge in [-0.2, -0.15) is 0 Å². The number of carbonyl (C=O) groups excluding carboxylic acids is 1. The maximum atomic E-state index is 12.1. The van der Waals surface area contributed by atoms with Crippen molar-refractivity contribution in [3.63, 3.8) is 0 Å². The van der Waals surface area contributed by atoms with E-state index in [1.165, 1.54) is 0 Å². The summed E-state index contributed by atoms with van der Waals surface area (Å²) in [5.41, 5.74) is 1.04. The molecule has 6 heteroatoms. The normalized spacial score (nSPS) is 16.3. The molecular weight excluding hydrogens is 294 g/mol. The molecule has 0 bridgehead atoms. The van der Waals surface area contributed by atoms with Crippen LogP contribution in [-0.4, -0.2) is 75.8 Å². The zero-order valence-electron chi connectivity index (χ0n) is 14.1. The summed E-state index contributed by atoms with van der Waals surface area (Å²) in [6.45, 7) is 6.56. The number of benzene rings is 1. The van der Waals surface area contributed by atoms with Crippen LogP contribution in [0.15, 0.2) is 24.3 Å². The first-order chi connectivity index (χ1) is 11.2. The van der Waals surface area contributed by atoms with Crippen molar-refractivity contribution < 1.29 is 14.3 Å². The molecule has 2 rings (SSSR count). The van der Waals surface area contributed by atoms with Gasteiger partial charge in [0.05, 0.1) is 20.3 Å². The summed E-state index contributed by atoms with van der Waals surface area (Å²) in [7, 11) is 3.37. The van der Waals surface area contributed by atoms with E-state index in [4.69, 9.17) is 9.47 Å². The highest BCUT2D eigenvalue weighted by molar-refractivity contribution is 5.78. The molecule has 1 heterocycles. The maximum Gasteiger partial charge on any atom is 0.234 e. The molecule has 0 radical (unpaired) electrons. The van der Waals surface area contributed by atoms with Crippen molar-refractivity contribution in [2.45, 2.75) is 6.54 Å². The van der Waals surface area contributed by atoms with E-state index in [1.807, 2.05) is 24.3 Å². The van der Waals surface area contributed by atoms with Crippen LogP contribution in [0.1, 0.15) is 5.56 Å². The number of nitrogens with one attached hydrogen (secondary N) is 1. The number of hydrogen-bond donors (Lipinski definition) is 1. The fourth-order valence-electron chi connectivity index (χ4n) is 2.63. The third-order valence-corrected chi connectivity index (χ3v) is 4.07. The van der Waals surface area contributed by atoms with Gasteiger partial charge in [0.15, 0.2) is 0 Å². The second-order valence-corrected chi connectivity index (χ2v) is 5.74. The second-order valence-electron chi connectivity index (χ2n) is 5.74. The predicted octanol–water partition coefficient (Wildman–Crippen LogP) is 0.575. The molecule has 0 unspecified atom stereocenters. The summed E-state index contributed by atoms with van der Waals surface area (Å²) >= 11 is 0. The first-order valence-electron chi connectivity index (χ1n) is 8.04. The molecule has 23 heavy (non-hydrogen) atoms. The molecule has 1 aromatic rings. The van der Waals surface area contributed by atoms with Crippen molar-refractivity contribution in [2.75, 3.05) is 60.1 Å². The van der Waals surface area contributed by atoms with Crippen LogP contribution < -0.4 is 10.1 Å². The fourth-order valence-corrected chi connectivity index (χ4v) is 2.63. The average Bonchev–Trinajstić information content (AvgIpc) is 2.59. The predicted molar refractivity (Wildman–Crippen MR) is 89.6 cm³/mol. The SMILES string of the molecule is COCCN1CCN(CC(=O)NCc2cccc(OC)c2)CC1. The molecule has 0 atom stereocenters. The van der Waals surface area contributed by atoms with Crippen LogP contribution in [0.5, 0.6) is 5.75 Å². The standard InChI is InChI=1S/C17H27N3O3/c1-22-11-10-19-6-8-20(9-7-19)14-17(21)18-13-15-4-3-5-16(12-15)23-2/h3-5,12H,6-11,13-14H2,1-2H3,(H,18,21). The van der Waals surface area contributed by atoms with Crippen molar-refractivity contribution in [1.82, 2.24) is 15.1 Å². The van der Waals surface area contributed by atoms with Crippen LogP contribution in [0, 0.1) is 0 Å². The summed E-state index contributed by atoms with van der Waals surface area (Å²) in [6.07, 6.45) is 0. The highest BCUT2D eigenvalue weighted by Crippen LogP contribution is 2.12. The Morgan fingerprint density at radius 3 is 2.61 bits per heavy atom. The van der Waals surface area contributed by atoms with Gasteiger partial charge in [0.25, 0.3) is 0 Å². The number of nitrogens with zero attached hydrogens (tertiary/aromatic N) is 2. The van der Waals surface area contributed by atoms with Crippen molar-refractivity contribution in [3.8, 4) is 5.75 Å². The molecule has 1 aliphatic rings. The Bertz CT molecular complexity index is 488. The molecule has 1 saturated heterocycles. The highest BCUT2D eigenvalue weighted by Gasteiger charge is 2.18. The molecule has 6 nitrogen and oxygen atoms in total. The lowest BCUT2D eigenvalue weighted by molar-refractivity contribution is -0.122. The van der Waals surface area contributed by atoms with Gasteiger partial charge in [-0.1, -0.05) is 12.1 Å². The van der Waals surface area contributed by atoms with Gasteiger partial charge in [-0.25, -0.2) is 0 Å². The van der Waals surface area contributed by atoms with Gasteiger partial charge in [-0.15, -0.1) is 0 Å². The van der Waals surface area contributed by atoms with E-state index in [0.29, 0.717) is 13.1 Å². The van der Waals surface area contributed by atoms with Crippen LogP contribution in [0.3, 0.4) is 0 Å². The molecule has 1 aromatic carbocycles. The largest absolute Gasteiger partial charge is 0.497 e. The molecule has 1 fully saturated rings. The van der Waals surface area contributed by atoms with Gasteiger partial charge >= 0.3 is 0 Å². The molecule has 1 aliphatic heterocycles. The summed E-state index contributed by atoms with van der Waals surface area (Å²) < 4.78 is 10.3. The van der Waals surface area contributed by atoms with E-state index in [9.17, 15) is 4.79 Å². The number of methoxy groups -OCH3 is 2. The second kappa shape index (κ2) is 9.50. The quantitative estimate of drug-likeness (QED) is 0.759. The van der Waals surface area contributed by atoms with Crippen LogP contribution >= 0.6 is 0 Å². The van der Waals surface area contributed by atoms with Gasteiger partial charge in [0, 0.05) is 46.4 Å². The zero-order chi connectivity index (χ0) is 16.5. The first-order valence-corrected chi connectivity index (χ1v) is 8.04. The Morgan fingerprint density at radius 2 is 1.91 bits per heavy atom. The van der Waals surface area contributed by atoms with E-state index in [1.54, 1.807) is 14.2 Å². The number of amides is 1. The minimum absolute atomic E-state index is 0.0677. The maximum absolute atomic E-state index is 12.1. The zero-order valence-corrected chi connectivity index (χ0v) is 14.1.